The van der Waals surface area contributed by atoms with Crippen LogP contribution in [0.5, 0.6) is 17.2 Å². The molecule has 4 rings (SSSR count). The number of benzene rings is 2. The van der Waals surface area contributed by atoms with Crippen LogP contribution in [0.15, 0.2) is 46.1 Å². The quantitative estimate of drug-likeness (QED) is 0.274. The lowest BCUT2D eigenvalue weighted by atomic mass is 10.1. The standard InChI is InChI=1S/C28H35N5O6S/c1-7-9-25-29-18(3)26-28(34)30-27(31-33(25)26)21-17-20(11-13-22(21)39-8-2)40(35,36)32(4)15-14-19-10-12-23(37-5)24(16-19)38-6/h10-13,16-17H,7-9,14-15H2,1-6H3,(H,30,31,34). The number of hydrogen-bond acceptors (Lipinski definition) is 8. The van der Waals surface area contributed by atoms with E-state index in [2.05, 4.69) is 15.1 Å². The van der Waals surface area contributed by atoms with Crippen molar-refractivity contribution in [3.63, 3.8) is 0 Å². The minimum absolute atomic E-state index is 0.0547. The minimum atomic E-state index is -3.88. The Bertz CT molecular complexity index is 1680. The van der Waals surface area contributed by atoms with Gasteiger partial charge < -0.3 is 19.2 Å². The molecule has 0 saturated heterocycles. The summed E-state index contributed by atoms with van der Waals surface area (Å²) >= 11 is 0. The zero-order valence-electron chi connectivity index (χ0n) is 23.6. The lowest BCUT2D eigenvalue weighted by molar-refractivity contribution is 0.341. The number of rotatable bonds is 12. The van der Waals surface area contributed by atoms with Gasteiger partial charge in [0.15, 0.2) is 22.8 Å². The van der Waals surface area contributed by atoms with E-state index in [1.165, 1.54) is 23.5 Å². The van der Waals surface area contributed by atoms with Gasteiger partial charge in [-0.3, -0.25) is 4.79 Å². The molecule has 0 saturated carbocycles. The molecule has 0 aliphatic carbocycles. The molecule has 0 spiro atoms. The van der Waals surface area contributed by atoms with E-state index < -0.39 is 10.0 Å². The van der Waals surface area contributed by atoms with Crippen LogP contribution in [-0.2, 0) is 22.9 Å². The molecule has 214 valence electrons. The second-order valence-corrected chi connectivity index (χ2v) is 11.3. The minimum Gasteiger partial charge on any atom is -0.493 e. The number of imidazole rings is 1. The first kappa shape index (κ1) is 29.1. The fourth-order valence-corrected chi connectivity index (χ4v) is 5.70. The molecule has 0 atom stereocenters. The lowest BCUT2D eigenvalue weighted by Gasteiger charge is -2.19. The summed E-state index contributed by atoms with van der Waals surface area (Å²) in [5.41, 5.74) is 1.86. The number of aryl methyl sites for hydroxylation is 2. The number of fused-ring (bicyclic) bond motifs is 1. The second kappa shape index (κ2) is 12.1. The van der Waals surface area contributed by atoms with E-state index in [0.717, 1.165) is 12.0 Å². The van der Waals surface area contributed by atoms with Gasteiger partial charge in [0.05, 0.1) is 37.0 Å². The molecule has 0 amide bonds. The van der Waals surface area contributed by atoms with Crippen LogP contribution >= 0.6 is 0 Å². The highest BCUT2D eigenvalue weighted by Crippen LogP contribution is 2.32. The molecule has 0 bridgehead atoms. The van der Waals surface area contributed by atoms with Crippen LogP contribution in [0, 0.1) is 6.92 Å². The maximum atomic E-state index is 13.6. The first-order chi connectivity index (χ1) is 19.1. The van der Waals surface area contributed by atoms with E-state index in [4.69, 9.17) is 14.2 Å². The smallest absolute Gasteiger partial charge is 0.277 e. The number of aromatic nitrogens is 4. The highest BCUT2D eigenvalue weighted by molar-refractivity contribution is 7.89. The van der Waals surface area contributed by atoms with Crippen molar-refractivity contribution in [2.24, 2.45) is 0 Å². The normalized spacial score (nSPS) is 11.8. The molecule has 2 aromatic carbocycles. The SMILES string of the molecule is CCCc1nc(C)c2c(=O)[nH]c(-c3cc(S(=O)(=O)N(C)CCc4ccc(OC)c(OC)c4)ccc3OCC)nn12. The zero-order chi connectivity index (χ0) is 29.0. The number of ether oxygens (including phenoxy) is 3. The van der Waals surface area contributed by atoms with Crippen LogP contribution in [0.4, 0.5) is 0 Å². The Balaban J connectivity index is 1.70. The Labute approximate surface area is 233 Å². The molecule has 11 nitrogen and oxygen atoms in total. The third-order valence-electron chi connectivity index (χ3n) is 6.59. The second-order valence-electron chi connectivity index (χ2n) is 9.28. The molecule has 2 heterocycles. The number of H-pyrrole nitrogens is 1. The number of sulfonamides is 1. The molecule has 12 heteroatoms. The molecule has 0 unspecified atom stereocenters. The van der Waals surface area contributed by atoms with Crippen LogP contribution in [0.3, 0.4) is 0 Å². The summed E-state index contributed by atoms with van der Waals surface area (Å²) in [6.07, 6.45) is 1.93. The van der Waals surface area contributed by atoms with Gasteiger partial charge in [0, 0.05) is 20.0 Å². The predicted octanol–water partition coefficient (Wildman–Crippen LogP) is 3.62. The maximum Gasteiger partial charge on any atom is 0.277 e. The lowest BCUT2D eigenvalue weighted by Crippen LogP contribution is -2.29. The number of aromatic amines is 1. The molecule has 0 radical (unpaired) electrons. The Morgan fingerprint density at radius 1 is 1.00 bits per heavy atom. The zero-order valence-corrected chi connectivity index (χ0v) is 24.5. The number of nitrogens with zero attached hydrogens (tertiary/aromatic N) is 4. The molecular weight excluding hydrogens is 534 g/mol. The third kappa shape index (κ3) is 5.68. The molecule has 1 N–H and O–H groups in total. The van der Waals surface area contributed by atoms with Gasteiger partial charge in [0.25, 0.3) is 5.56 Å². The summed E-state index contributed by atoms with van der Waals surface area (Å²) in [6.45, 7) is 6.20. The van der Waals surface area contributed by atoms with Crippen LogP contribution in [0.2, 0.25) is 0 Å². The van der Waals surface area contributed by atoms with Crippen molar-refractivity contribution in [1.29, 1.82) is 0 Å². The van der Waals surface area contributed by atoms with E-state index in [-0.39, 0.29) is 22.8 Å². The summed E-state index contributed by atoms with van der Waals surface area (Å²) < 4.78 is 46.4. The molecule has 2 aromatic heterocycles. The Morgan fingerprint density at radius 2 is 1.73 bits per heavy atom. The van der Waals surface area contributed by atoms with Crippen molar-refractivity contribution in [1.82, 2.24) is 23.9 Å². The van der Waals surface area contributed by atoms with Gasteiger partial charge in [-0.2, -0.15) is 0 Å². The summed E-state index contributed by atoms with van der Waals surface area (Å²) in [5.74, 6) is 2.45. The number of likely N-dealkylation sites (N-methyl/N-ethyl adjacent to an activating group) is 1. The van der Waals surface area contributed by atoms with Gasteiger partial charge in [-0.05, 0) is 62.6 Å². The van der Waals surface area contributed by atoms with Crippen molar-refractivity contribution >= 4 is 15.5 Å². The average molecular weight is 570 g/mol. The van der Waals surface area contributed by atoms with Crippen LogP contribution in [0.25, 0.3) is 16.9 Å². The largest absolute Gasteiger partial charge is 0.493 e. The Kier molecular flexibility index (Phi) is 8.79. The fraction of sp³-hybridized carbons (Fsp3) is 0.393. The summed E-state index contributed by atoms with van der Waals surface area (Å²) in [5, 5.41) is 4.65. The van der Waals surface area contributed by atoms with Crippen molar-refractivity contribution in [3.8, 4) is 28.6 Å². The number of hydrogen-bond donors (Lipinski definition) is 1. The van der Waals surface area contributed by atoms with Gasteiger partial charge >= 0.3 is 0 Å². The number of nitrogens with one attached hydrogen (secondary N) is 1. The van der Waals surface area contributed by atoms with Crippen molar-refractivity contribution < 1.29 is 22.6 Å². The van der Waals surface area contributed by atoms with Crippen molar-refractivity contribution in [2.75, 3.05) is 34.4 Å². The summed E-state index contributed by atoms with van der Waals surface area (Å²) in [4.78, 5) is 20.4. The molecule has 40 heavy (non-hydrogen) atoms. The number of methoxy groups -OCH3 is 2. The van der Waals surface area contributed by atoms with E-state index in [1.807, 2.05) is 26.0 Å². The van der Waals surface area contributed by atoms with E-state index in [0.29, 0.717) is 59.3 Å². The first-order valence-electron chi connectivity index (χ1n) is 13.1. The predicted molar refractivity (Wildman–Crippen MR) is 152 cm³/mol. The molecular formula is C28H35N5O6S. The highest BCUT2D eigenvalue weighted by atomic mass is 32.2. The Morgan fingerprint density at radius 3 is 2.40 bits per heavy atom. The highest BCUT2D eigenvalue weighted by Gasteiger charge is 2.24. The van der Waals surface area contributed by atoms with Crippen LogP contribution in [0.1, 0.15) is 37.4 Å². The average Bonchev–Trinajstić information content (AvgIpc) is 3.27. The van der Waals surface area contributed by atoms with Crippen molar-refractivity contribution in [3.05, 3.63) is 63.8 Å². The van der Waals surface area contributed by atoms with Gasteiger partial charge in [0.1, 0.15) is 11.6 Å². The third-order valence-corrected chi connectivity index (χ3v) is 8.45. The molecule has 0 aliphatic heterocycles. The van der Waals surface area contributed by atoms with Gasteiger partial charge in [-0.25, -0.2) is 22.2 Å². The maximum absolute atomic E-state index is 13.6. The van der Waals surface area contributed by atoms with E-state index >= 15 is 0 Å². The van der Waals surface area contributed by atoms with Gasteiger partial charge in [-0.1, -0.05) is 13.0 Å². The molecule has 4 aromatic rings. The van der Waals surface area contributed by atoms with Crippen molar-refractivity contribution in [2.45, 2.75) is 44.9 Å². The van der Waals surface area contributed by atoms with E-state index in [9.17, 15) is 13.2 Å². The molecule has 0 fully saturated rings. The van der Waals surface area contributed by atoms with Crippen LogP contribution in [-0.4, -0.2) is 66.7 Å². The van der Waals surface area contributed by atoms with Gasteiger partial charge in [-0.15, -0.1) is 5.10 Å². The first-order valence-corrected chi connectivity index (χ1v) is 14.5. The Hall–Kier alpha value is -3.90. The summed E-state index contributed by atoms with van der Waals surface area (Å²) in [7, 11) is 0.767. The molecule has 0 aliphatic rings. The van der Waals surface area contributed by atoms with Crippen LogP contribution < -0.4 is 19.8 Å². The summed E-state index contributed by atoms with van der Waals surface area (Å²) in [6, 6.07) is 10.1. The topological polar surface area (TPSA) is 128 Å². The fourth-order valence-electron chi connectivity index (χ4n) is 4.50. The van der Waals surface area contributed by atoms with Gasteiger partial charge in [0.2, 0.25) is 10.0 Å². The van der Waals surface area contributed by atoms with E-state index in [1.54, 1.807) is 37.8 Å². The monoisotopic (exact) mass is 569 g/mol.